The quantitative estimate of drug-likeness (QED) is 0.0295. The second kappa shape index (κ2) is 39.1. The van der Waals surface area contributed by atoms with Gasteiger partial charge in [0.15, 0.2) is 45.9 Å². The minimum atomic E-state index is -0.644. The summed E-state index contributed by atoms with van der Waals surface area (Å²) in [5.74, 6) is 1.94. The first kappa shape index (κ1) is 90.3. The van der Waals surface area contributed by atoms with Gasteiger partial charge in [0, 0.05) is 80.5 Å². The zero-order chi connectivity index (χ0) is 92.5. The number of pyridine rings is 4. The molecule has 0 atom stereocenters. The number of amides is 4. The van der Waals surface area contributed by atoms with Crippen molar-refractivity contribution in [3.8, 4) is 50.3 Å². The van der Waals surface area contributed by atoms with Crippen LogP contribution in [0.2, 0.25) is 0 Å². The van der Waals surface area contributed by atoms with Crippen LogP contribution >= 0.6 is 0 Å². The zero-order valence-electron chi connectivity index (χ0n) is 75.9. The summed E-state index contributed by atoms with van der Waals surface area (Å²) >= 11 is 0. The van der Waals surface area contributed by atoms with Crippen molar-refractivity contribution in [1.82, 2.24) is 68.9 Å². The lowest BCUT2D eigenvalue weighted by Crippen LogP contribution is -2.40. The summed E-state index contributed by atoms with van der Waals surface area (Å²) in [4.78, 5) is 74.4. The Morgan fingerprint density at radius 2 is 0.894 bits per heavy atom. The second-order valence-corrected chi connectivity index (χ2v) is 35.4. The van der Waals surface area contributed by atoms with Crippen LogP contribution in [-0.4, -0.2) is 139 Å². The molecule has 0 bridgehead atoms. The smallest absolute Gasteiger partial charge is 0.235 e. The number of carbonyl (C=O) groups excluding carboxylic acids is 4. The van der Waals surface area contributed by atoms with Gasteiger partial charge in [0.05, 0.1) is 64.6 Å². The molecular formula is C104H111FN22O5. The van der Waals surface area contributed by atoms with Crippen molar-refractivity contribution in [2.75, 3.05) is 90.6 Å². The van der Waals surface area contributed by atoms with Crippen molar-refractivity contribution in [2.45, 2.75) is 115 Å². The number of methoxy groups -OCH3 is 1. The highest BCUT2D eigenvalue weighted by atomic mass is 19.1. The summed E-state index contributed by atoms with van der Waals surface area (Å²) in [5, 5.41) is 33.0. The first-order chi connectivity index (χ1) is 63.6. The number of fused-ring (bicyclic) bond motifs is 4. The Balaban J connectivity index is 0.000000129. The normalized spacial score (nSPS) is 13.7. The minimum Gasteiger partial charge on any atom is -0.497 e. The maximum absolute atomic E-state index is 13.2. The van der Waals surface area contributed by atoms with Crippen molar-refractivity contribution in [3.05, 3.63) is 282 Å². The zero-order valence-corrected chi connectivity index (χ0v) is 75.9. The molecule has 12 N–H and O–H groups in total. The number of benzene rings is 8. The Bertz CT molecular complexity index is 6860. The molecule has 2 saturated heterocycles. The van der Waals surface area contributed by atoms with Crippen LogP contribution in [-0.2, 0) is 76.0 Å². The number of carbonyl (C=O) groups is 4. The van der Waals surface area contributed by atoms with Crippen molar-refractivity contribution < 1.29 is 28.3 Å². The van der Waals surface area contributed by atoms with Gasteiger partial charge in [-0.3, -0.25) is 19.2 Å². The number of likely N-dealkylation sites (tertiary alicyclic amines) is 2. The minimum absolute atomic E-state index is 0.0497. The highest BCUT2D eigenvalue weighted by molar-refractivity contribution is 6.06. The first-order valence-electron chi connectivity index (χ1n) is 44.6. The summed E-state index contributed by atoms with van der Waals surface area (Å²) in [6.45, 7) is 17.7. The Morgan fingerprint density at radius 1 is 0.447 bits per heavy atom. The number of hydrogen-bond donors (Lipinski definition) is 8. The fraction of sp³-hybridized carbons (Fsp3) is 0.269. The van der Waals surface area contributed by atoms with Gasteiger partial charge in [0.2, 0.25) is 23.6 Å². The van der Waals surface area contributed by atoms with E-state index in [1.807, 2.05) is 234 Å². The largest absolute Gasteiger partial charge is 0.497 e. The Kier molecular flexibility index (Phi) is 26.8. The predicted molar refractivity (Wildman–Crippen MR) is 524 cm³/mol. The van der Waals surface area contributed by atoms with E-state index in [-0.39, 0.29) is 47.7 Å². The second-order valence-electron chi connectivity index (χ2n) is 35.4. The number of hydrogen-bond acceptors (Lipinski definition) is 19. The number of halogens is 1. The molecule has 3 aliphatic rings. The van der Waals surface area contributed by atoms with E-state index in [4.69, 9.17) is 32.7 Å². The van der Waals surface area contributed by atoms with Crippen LogP contribution in [0.1, 0.15) is 106 Å². The average molecular weight is 1770 g/mol. The molecule has 0 unspecified atom stereocenters. The third kappa shape index (κ3) is 20.3. The van der Waals surface area contributed by atoms with Crippen LogP contribution in [0.25, 0.3) is 88.6 Å². The number of nitrogens with two attached hydrogens (primary N) is 4. The number of rotatable bonds is 23. The van der Waals surface area contributed by atoms with Gasteiger partial charge < -0.3 is 58.7 Å². The van der Waals surface area contributed by atoms with Crippen molar-refractivity contribution in [3.63, 3.8) is 0 Å². The first-order valence-corrected chi connectivity index (χ1v) is 44.6. The van der Waals surface area contributed by atoms with Gasteiger partial charge >= 0.3 is 0 Å². The molecule has 1 saturated carbocycles. The topological polar surface area (TPSA) is 359 Å². The van der Waals surface area contributed by atoms with Gasteiger partial charge in [0.1, 0.15) is 11.6 Å². The number of piperidine rings is 1. The lowest BCUT2D eigenvalue weighted by molar-refractivity contribution is -0.120. The number of ether oxygens (including phenoxy) is 1. The number of nitrogen functional groups attached to an aromatic ring is 4. The SMILES string of the molecule is CC(C)(C(=O)Nc1ccc(-c2ccnc3c2c(N)nn3CCN2CCCC2)cc1)c1ccccc1.COc1cccc(CC(=O)Nc2ccc(-c3cc(C)nc4c3c(N)nn4C)cc2)c1.Cn1nc(N)c2c(-c3ccc(NC(=O)C4(c5ccccc5)CC4)cc3)cc(C(C)(C)CN3CCCCC3)nc21.Cn1nc(N)c2c(-c3ccc(NC(=O)Cc4cccc(F)c4)cc3)ccnc21. The fourth-order valence-corrected chi connectivity index (χ4v) is 17.6. The molecule has 8 aromatic carbocycles. The number of nitrogens with zero attached hydrogens (tertiary/aromatic N) is 14. The monoisotopic (exact) mass is 1770 g/mol. The molecule has 8 aromatic heterocycles. The highest BCUT2D eigenvalue weighted by Crippen LogP contribution is 2.49. The fourth-order valence-electron chi connectivity index (χ4n) is 17.6. The molecule has 19 rings (SSSR count). The van der Waals surface area contributed by atoms with Gasteiger partial charge in [-0.2, -0.15) is 20.4 Å². The number of nitrogens with one attached hydrogen (secondary N) is 4. The van der Waals surface area contributed by atoms with E-state index in [1.165, 1.54) is 44.2 Å². The standard InChI is InChI=1S/C32H38N6O.C28H32N6O.C23H23N5O2.C21H18FN5O/c1-31(2,21-38-18-8-5-9-19-38)26-20-25(27-28(33)36-37(3)29(27)35-26)22-12-14-24(15-13-22)34-30(39)32(16-17-32)23-10-6-4-7-11-23;1-28(2,21-8-4-3-5-9-21)27(35)31-22-12-10-20(11-13-22)23-14-15-30-26-24(23)25(29)32-34(26)19-18-33-16-6-7-17-33;1-14-11-19(21-22(24)27-28(2)23(21)25-14)16-7-9-17(10-8-16)26-20(29)13-15-5-4-6-18(12-15)30-3;1-27-21-19(20(23)26-27)17(9-10-24-21)14-5-7-16(8-6-14)25-18(28)12-13-3-2-4-15(22)11-13/h4,6-7,10-15,20H,5,8-9,16-19,21H2,1-3H3,(H2,33,36)(H,34,39);3-5,8-15H,6-7,16-19H2,1-2H3,(H2,29,32)(H,31,35);4-12H,13H2,1-3H3,(H2,24,27)(H,26,29);2-11H,12H2,1H3,(H2,23,26)(H,25,28). The van der Waals surface area contributed by atoms with Crippen LogP contribution in [0.5, 0.6) is 5.75 Å². The van der Waals surface area contributed by atoms with Crippen LogP contribution in [0, 0.1) is 12.7 Å². The number of anilines is 8. The summed E-state index contributed by atoms with van der Waals surface area (Å²) in [7, 11) is 7.14. The van der Waals surface area contributed by atoms with E-state index < -0.39 is 10.8 Å². The molecule has 132 heavy (non-hydrogen) atoms. The molecule has 4 amide bonds. The Hall–Kier alpha value is -15.0. The van der Waals surface area contributed by atoms with E-state index in [0.29, 0.717) is 40.2 Å². The lowest BCUT2D eigenvalue weighted by atomic mass is 9.83. The highest BCUT2D eigenvalue weighted by Gasteiger charge is 2.51. The third-order valence-electron chi connectivity index (χ3n) is 25.0. The molecule has 3 fully saturated rings. The summed E-state index contributed by atoms with van der Waals surface area (Å²) in [5.41, 5.74) is 43.1. The molecule has 0 radical (unpaired) electrons. The van der Waals surface area contributed by atoms with Crippen molar-refractivity contribution in [2.24, 2.45) is 21.1 Å². The predicted octanol–water partition coefficient (Wildman–Crippen LogP) is 17.6. The molecule has 0 spiro atoms. The van der Waals surface area contributed by atoms with Gasteiger partial charge in [-0.15, -0.1) is 0 Å². The van der Waals surface area contributed by atoms with Gasteiger partial charge in [-0.25, -0.2) is 43.1 Å². The maximum Gasteiger partial charge on any atom is 0.235 e. The van der Waals surface area contributed by atoms with E-state index in [2.05, 4.69) is 98.5 Å². The molecule has 27 nitrogen and oxygen atoms in total. The van der Waals surface area contributed by atoms with E-state index in [9.17, 15) is 23.6 Å². The summed E-state index contributed by atoms with van der Waals surface area (Å²) in [6.07, 6.45) is 12.1. The molecular weight excluding hydrogens is 1660 g/mol. The molecule has 10 heterocycles. The summed E-state index contributed by atoms with van der Waals surface area (Å²) < 4.78 is 25.5. The molecule has 16 aromatic rings. The third-order valence-corrected chi connectivity index (χ3v) is 25.0. The van der Waals surface area contributed by atoms with Gasteiger partial charge in [-0.05, 0) is 249 Å². The number of aromatic nitrogens is 12. The lowest BCUT2D eigenvalue weighted by Gasteiger charge is -2.34. The molecule has 28 heteroatoms. The van der Waals surface area contributed by atoms with Gasteiger partial charge in [-0.1, -0.05) is 154 Å². The van der Waals surface area contributed by atoms with Gasteiger partial charge in [0.25, 0.3) is 0 Å². The van der Waals surface area contributed by atoms with E-state index in [0.717, 1.165) is 193 Å². The van der Waals surface area contributed by atoms with Crippen LogP contribution in [0.3, 0.4) is 0 Å². The van der Waals surface area contributed by atoms with E-state index in [1.54, 1.807) is 46.5 Å². The molecule has 1 aliphatic carbocycles. The van der Waals surface area contributed by atoms with Crippen LogP contribution in [0.15, 0.2) is 243 Å². The van der Waals surface area contributed by atoms with Crippen molar-refractivity contribution in [1.29, 1.82) is 0 Å². The summed E-state index contributed by atoms with van der Waals surface area (Å²) in [6, 6.07) is 72.5. The molecule has 2 aliphatic heterocycles. The average Bonchev–Trinajstić information content (AvgIpc) is 1.59. The Morgan fingerprint density at radius 3 is 1.43 bits per heavy atom. The van der Waals surface area contributed by atoms with E-state index >= 15 is 0 Å². The van der Waals surface area contributed by atoms with Crippen LogP contribution < -0.4 is 48.9 Å². The Labute approximate surface area is 766 Å². The number of aryl methyl sites for hydroxylation is 4. The molecule has 674 valence electrons. The maximum atomic E-state index is 13.2. The van der Waals surface area contributed by atoms with Crippen molar-refractivity contribution >= 4 is 114 Å². The van der Waals surface area contributed by atoms with Crippen LogP contribution in [0.4, 0.5) is 50.4 Å².